The molecule has 0 saturated heterocycles. The molecule has 0 saturated carbocycles. The Morgan fingerprint density at radius 1 is 1.22 bits per heavy atom. The maximum absolute atomic E-state index is 12.3. The van der Waals surface area contributed by atoms with Crippen LogP contribution in [0.1, 0.15) is 50.0 Å². The number of halogens is 1. The second-order valence-corrected chi connectivity index (χ2v) is 6.42. The molecule has 6 heteroatoms. The Morgan fingerprint density at radius 2 is 1.78 bits per heavy atom. The number of nitrogens with two attached hydrogens (primary N) is 1. The van der Waals surface area contributed by atoms with Crippen molar-refractivity contribution in [3.05, 3.63) is 35.4 Å². The van der Waals surface area contributed by atoms with E-state index in [1.807, 2.05) is 19.1 Å². The molecule has 130 valence electrons. The summed E-state index contributed by atoms with van der Waals surface area (Å²) in [6.07, 6.45) is 0.829. The molecule has 1 aromatic carbocycles. The van der Waals surface area contributed by atoms with E-state index in [9.17, 15) is 9.59 Å². The van der Waals surface area contributed by atoms with Crippen molar-refractivity contribution in [1.29, 1.82) is 0 Å². The molecule has 23 heavy (non-hydrogen) atoms. The Kier molecular flexibility index (Phi) is 8.87. The minimum atomic E-state index is -0.403. The van der Waals surface area contributed by atoms with Crippen molar-refractivity contribution in [2.45, 2.75) is 46.2 Å². The first-order valence-electron chi connectivity index (χ1n) is 7.62. The van der Waals surface area contributed by atoms with E-state index in [-0.39, 0.29) is 24.2 Å². The van der Waals surface area contributed by atoms with Crippen LogP contribution in [0.25, 0.3) is 0 Å². The monoisotopic (exact) mass is 341 g/mol. The maximum Gasteiger partial charge on any atom is 0.251 e. The Morgan fingerprint density at radius 3 is 2.22 bits per heavy atom. The van der Waals surface area contributed by atoms with Gasteiger partial charge in [-0.2, -0.15) is 0 Å². The molecule has 1 rings (SSSR count). The summed E-state index contributed by atoms with van der Waals surface area (Å²) in [5, 5.41) is 5.75. The maximum atomic E-state index is 12.3. The van der Waals surface area contributed by atoms with Crippen LogP contribution in [0.3, 0.4) is 0 Å². The van der Waals surface area contributed by atoms with Crippen molar-refractivity contribution in [2.24, 2.45) is 11.7 Å². The van der Waals surface area contributed by atoms with Crippen molar-refractivity contribution < 1.29 is 9.59 Å². The largest absolute Gasteiger partial charge is 0.352 e. The van der Waals surface area contributed by atoms with Crippen molar-refractivity contribution in [2.75, 3.05) is 6.54 Å². The highest BCUT2D eigenvalue weighted by Crippen LogP contribution is 2.16. The van der Waals surface area contributed by atoms with Gasteiger partial charge in [-0.25, -0.2) is 0 Å². The van der Waals surface area contributed by atoms with Crippen LogP contribution < -0.4 is 16.4 Å². The normalized spacial score (nSPS) is 13.0. The molecule has 2 amide bonds. The smallest absolute Gasteiger partial charge is 0.251 e. The SMILES string of the molecule is CC(=O)NCc1ccc(C(=O)NC(C)(CN)CC(C)C)cc1.Cl. The van der Waals surface area contributed by atoms with Gasteiger partial charge in [0.25, 0.3) is 5.91 Å². The Hall–Kier alpha value is -1.59. The van der Waals surface area contributed by atoms with E-state index in [2.05, 4.69) is 24.5 Å². The van der Waals surface area contributed by atoms with E-state index in [1.165, 1.54) is 6.92 Å². The van der Waals surface area contributed by atoms with E-state index in [0.717, 1.165) is 12.0 Å². The van der Waals surface area contributed by atoms with Gasteiger partial charge in [-0.05, 0) is 37.0 Å². The summed E-state index contributed by atoms with van der Waals surface area (Å²) in [7, 11) is 0. The van der Waals surface area contributed by atoms with Gasteiger partial charge >= 0.3 is 0 Å². The molecule has 0 fully saturated rings. The molecule has 0 bridgehead atoms. The quantitative estimate of drug-likeness (QED) is 0.711. The van der Waals surface area contributed by atoms with Crippen molar-refractivity contribution in [3.8, 4) is 0 Å². The van der Waals surface area contributed by atoms with Gasteiger partial charge in [-0.1, -0.05) is 26.0 Å². The standard InChI is InChI=1S/C17H27N3O2.ClH/c1-12(2)9-17(4,11-18)20-16(22)15-7-5-14(6-8-15)10-19-13(3)21;/h5-8,12H,9-11,18H2,1-4H3,(H,19,21)(H,20,22);1H. The highest BCUT2D eigenvalue weighted by molar-refractivity contribution is 5.94. The minimum Gasteiger partial charge on any atom is -0.352 e. The summed E-state index contributed by atoms with van der Waals surface area (Å²) < 4.78 is 0. The van der Waals surface area contributed by atoms with E-state index >= 15 is 0 Å². The molecular formula is C17H28ClN3O2. The third kappa shape index (κ3) is 7.48. The third-order valence-corrected chi connectivity index (χ3v) is 3.48. The number of rotatable bonds is 7. The van der Waals surface area contributed by atoms with Crippen LogP contribution in [0.2, 0.25) is 0 Å². The lowest BCUT2D eigenvalue weighted by Gasteiger charge is -2.31. The van der Waals surface area contributed by atoms with E-state index < -0.39 is 5.54 Å². The van der Waals surface area contributed by atoms with Crippen LogP contribution in [0.15, 0.2) is 24.3 Å². The lowest BCUT2D eigenvalue weighted by molar-refractivity contribution is -0.119. The number of benzene rings is 1. The molecule has 1 unspecified atom stereocenters. The summed E-state index contributed by atoms with van der Waals surface area (Å²) in [5.74, 6) is 0.253. The summed E-state index contributed by atoms with van der Waals surface area (Å²) in [4.78, 5) is 23.2. The number of amides is 2. The van der Waals surface area contributed by atoms with E-state index in [1.54, 1.807) is 12.1 Å². The molecule has 1 aromatic rings. The second kappa shape index (κ2) is 9.53. The molecular weight excluding hydrogens is 314 g/mol. The van der Waals surface area contributed by atoms with E-state index in [4.69, 9.17) is 5.73 Å². The van der Waals surface area contributed by atoms with Gasteiger partial charge in [0.05, 0.1) is 0 Å². The molecule has 0 heterocycles. The molecule has 4 N–H and O–H groups in total. The van der Waals surface area contributed by atoms with Crippen molar-refractivity contribution in [1.82, 2.24) is 10.6 Å². The molecule has 0 aliphatic carbocycles. The first kappa shape index (κ1) is 21.4. The van der Waals surface area contributed by atoms with Gasteiger partial charge in [0, 0.05) is 31.1 Å². The topological polar surface area (TPSA) is 84.2 Å². The first-order chi connectivity index (χ1) is 10.3. The van der Waals surface area contributed by atoms with Gasteiger partial charge in [-0.3, -0.25) is 9.59 Å². The number of carbonyl (C=O) groups is 2. The molecule has 0 aromatic heterocycles. The summed E-state index contributed by atoms with van der Waals surface area (Å²) in [6.45, 7) is 8.52. The van der Waals surface area contributed by atoms with Crippen LogP contribution >= 0.6 is 12.4 Å². The van der Waals surface area contributed by atoms with Crippen molar-refractivity contribution in [3.63, 3.8) is 0 Å². The third-order valence-electron chi connectivity index (χ3n) is 3.48. The number of hydrogen-bond acceptors (Lipinski definition) is 3. The summed E-state index contributed by atoms with van der Waals surface area (Å²) in [6, 6.07) is 7.21. The Labute approximate surface area is 144 Å². The number of nitrogens with one attached hydrogen (secondary N) is 2. The average Bonchev–Trinajstić information content (AvgIpc) is 2.44. The predicted octanol–water partition coefficient (Wildman–Crippen LogP) is 2.24. The zero-order valence-corrected chi connectivity index (χ0v) is 15.1. The van der Waals surface area contributed by atoms with Gasteiger partial charge in [0.2, 0.25) is 5.91 Å². The Balaban J connectivity index is 0.00000484. The predicted molar refractivity (Wildman–Crippen MR) is 95.6 cm³/mol. The van der Waals surface area contributed by atoms with Crippen LogP contribution in [-0.2, 0) is 11.3 Å². The van der Waals surface area contributed by atoms with Crippen LogP contribution in [-0.4, -0.2) is 23.9 Å². The van der Waals surface area contributed by atoms with E-state index in [0.29, 0.717) is 24.6 Å². The second-order valence-electron chi connectivity index (χ2n) is 6.42. The molecule has 0 radical (unpaired) electrons. The minimum absolute atomic E-state index is 0. The van der Waals surface area contributed by atoms with Gasteiger partial charge in [0.1, 0.15) is 0 Å². The Bertz CT molecular complexity index is 517. The zero-order valence-electron chi connectivity index (χ0n) is 14.3. The fourth-order valence-corrected chi connectivity index (χ4v) is 2.43. The first-order valence-corrected chi connectivity index (χ1v) is 7.62. The molecule has 1 atom stereocenters. The molecule has 0 aliphatic heterocycles. The fourth-order valence-electron chi connectivity index (χ4n) is 2.43. The molecule has 0 spiro atoms. The van der Waals surface area contributed by atoms with Gasteiger partial charge < -0.3 is 16.4 Å². The lowest BCUT2D eigenvalue weighted by Crippen LogP contribution is -2.52. The zero-order chi connectivity index (χ0) is 16.8. The highest BCUT2D eigenvalue weighted by Gasteiger charge is 2.26. The van der Waals surface area contributed by atoms with Crippen LogP contribution in [0.5, 0.6) is 0 Å². The number of hydrogen-bond donors (Lipinski definition) is 3. The summed E-state index contributed by atoms with van der Waals surface area (Å²) >= 11 is 0. The summed E-state index contributed by atoms with van der Waals surface area (Å²) in [5.41, 5.74) is 6.96. The lowest BCUT2D eigenvalue weighted by atomic mass is 9.90. The van der Waals surface area contributed by atoms with Crippen molar-refractivity contribution >= 4 is 24.2 Å². The molecule has 0 aliphatic rings. The molecule has 5 nitrogen and oxygen atoms in total. The fraction of sp³-hybridized carbons (Fsp3) is 0.529. The average molecular weight is 342 g/mol. The highest BCUT2D eigenvalue weighted by atomic mass is 35.5. The van der Waals surface area contributed by atoms with Gasteiger partial charge in [-0.15, -0.1) is 12.4 Å². The number of carbonyl (C=O) groups excluding carboxylic acids is 2. The van der Waals surface area contributed by atoms with Gasteiger partial charge in [0.15, 0.2) is 0 Å². The van der Waals surface area contributed by atoms with Crippen LogP contribution in [0.4, 0.5) is 0 Å². The van der Waals surface area contributed by atoms with Crippen LogP contribution in [0, 0.1) is 5.92 Å².